The molecular weight excluding hydrogens is 258 g/mol. The van der Waals surface area contributed by atoms with E-state index in [4.69, 9.17) is 5.11 Å². The smallest absolute Gasteiger partial charge is 0.326 e. The first-order chi connectivity index (χ1) is 9.47. The van der Waals surface area contributed by atoms with Gasteiger partial charge in [0.25, 0.3) is 0 Å². The summed E-state index contributed by atoms with van der Waals surface area (Å²) < 4.78 is 0. The molecule has 6 nitrogen and oxygen atoms in total. The number of nitrogens with one attached hydrogen (secondary N) is 2. The van der Waals surface area contributed by atoms with Crippen molar-refractivity contribution < 1.29 is 14.7 Å². The van der Waals surface area contributed by atoms with Gasteiger partial charge in [0.05, 0.1) is 0 Å². The van der Waals surface area contributed by atoms with Gasteiger partial charge in [-0.05, 0) is 38.1 Å². The Morgan fingerprint density at radius 3 is 2.70 bits per heavy atom. The van der Waals surface area contributed by atoms with Gasteiger partial charge in [-0.25, -0.2) is 9.59 Å². The van der Waals surface area contributed by atoms with Crippen LogP contribution < -0.4 is 10.6 Å². The molecule has 2 saturated heterocycles. The van der Waals surface area contributed by atoms with E-state index in [1.807, 2.05) is 13.8 Å². The van der Waals surface area contributed by atoms with Gasteiger partial charge in [0.15, 0.2) is 0 Å². The first kappa shape index (κ1) is 15.1. The van der Waals surface area contributed by atoms with Crippen molar-refractivity contribution in [2.45, 2.75) is 57.7 Å². The van der Waals surface area contributed by atoms with E-state index in [-0.39, 0.29) is 18.0 Å². The Morgan fingerprint density at radius 2 is 2.05 bits per heavy atom. The van der Waals surface area contributed by atoms with Gasteiger partial charge in [-0.3, -0.25) is 4.90 Å². The maximum absolute atomic E-state index is 12.0. The van der Waals surface area contributed by atoms with Crippen LogP contribution >= 0.6 is 0 Å². The summed E-state index contributed by atoms with van der Waals surface area (Å²) in [5.41, 5.74) is 0. The number of carboxylic acid groups (broad SMARTS) is 1. The number of nitrogens with zero attached hydrogens (tertiary/aromatic N) is 1. The van der Waals surface area contributed by atoms with Gasteiger partial charge in [-0.1, -0.05) is 13.8 Å². The lowest BCUT2D eigenvalue weighted by molar-refractivity contribution is -0.139. The highest BCUT2D eigenvalue weighted by molar-refractivity contribution is 5.82. The summed E-state index contributed by atoms with van der Waals surface area (Å²) in [6, 6.07) is -0.562. The Bertz CT molecular complexity index is 373. The number of urea groups is 1. The van der Waals surface area contributed by atoms with Crippen molar-refractivity contribution in [1.82, 2.24) is 15.5 Å². The third-order valence-electron chi connectivity index (χ3n) is 4.23. The largest absolute Gasteiger partial charge is 0.480 e. The van der Waals surface area contributed by atoms with Crippen LogP contribution in [0.5, 0.6) is 0 Å². The zero-order valence-electron chi connectivity index (χ0n) is 12.3. The summed E-state index contributed by atoms with van der Waals surface area (Å²) in [4.78, 5) is 25.5. The van der Waals surface area contributed by atoms with Crippen LogP contribution in [-0.4, -0.2) is 53.2 Å². The number of hydrogen-bond donors (Lipinski definition) is 3. The van der Waals surface area contributed by atoms with Crippen LogP contribution in [0.2, 0.25) is 0 Å². The minimum Gasteiger partial charge on any atom is -0.480 e. The molecule has 0 spiro atoms. The van der Waals surface area contributed by atoms with Crippen LogP contribution in [0.3, 0.4) is 0 Å². The third kappa shape index (κ3) is 3.62. The highest BCUT2D eigenvalue weighted by Gasteiger charge is 2.38. The molecular formula is C14H25N3O3. The number of amides is 2. The minimum atomic E-state index is -0.970. The van der Waals surface area contributed by atoms with Gasteiger partial charge in [-0.15, -0.1) is 0 Å². The molecule has 2 rings (SSSR count). The second-order valence-corrected chi connectivity index (χ2v) is 6.28. The molecule has 2 heterocycles. The zero-order valence-corrected chi connectivity index (χ0v) is 12.3. The maximum Gasteiger partial charge on any atom is 0.326 e. The Balaban J connectivity index is 1.83. The molecule has 3 N–H and O–H groups in total. The van der Waals surface area contributed by atoms with Crippen LogP contribution in [0.15, 0.2) is 0 Å². The molecule has 2 aliphatic rings. The molecule has 20 heavy (non-hydrogen) atoms. The number of rotatable bonds is 5. The zero-order chi connectivity index (χ0) is 14.7. The molecule has 114 valence electrons. The van der Waals surface area contributed by atoms with Gasteiger partial charge < -0.3 is 15.7 Å². The molecule has 3 atom stereocenters. The Labute approximate surface area is 119 Å². The summed E-state index contributed by atoms with van der Waals surface area (Å²) in [5, 5.41) is 14.7. The highest BCUT2D eigenvalue weighted by Crippen LogP contribution is 2.27. The van der Waals surface area contributed by atoms with Crippen molar-refractivity contribution in [3.05, 3.63) is 0 Å². The minimum absolute atomic E-state index is 0.158. The van der Waals surface area contributed by atoms with Crippen LogP contribution in [0.1, 0.15) is 39.5 Å². The van der Waals surface area contributed by atoms with E-state index in [1.54, 1.807) is 0 Å². The molecule has 0 aromatic rings. The van der Waals surface area contributed by atoms with Crippen LogP contribution in [-0.2, 0) is 4.79 Å². The van der Waals surface area contributed by atoms with Crippen LogP contribution in [0.4, 0.5) is 4.79 Å². The third-order valence-corrected chi connectivity index (χ3v) is 4.23. The molecule has 0 bridgehead atoms. The lowest BCUT2D eigenvalue weighted by Crippen LogP contribution is -2.51. The summed E-state index contributed by atoms with van der Waals surface area (Å²) in [6.07, 6.45) is 3.72. The number of aliphatic carboxylic acids is 1. The lowest BCUT2D eigenvalue weighted by Gasteiger charge is -2.23. The van der Waals surface area contributed by atoms with Gasteiger partial charge in [0, 0.05) is 18.6 Å². The molecule has 0 radical (unpaired) electrons. The number of hydrogen-bond acceptors (Lipinski definition) is 3. The first-order valence-corrected chi connectivity index (χ1v) is 7.51. The Hall–Kier alpha value is -1.30. The fraction of sp³-hybridized carbons (Fsp3) is 0.857. The van der Waals surface area contributed by atoms with Crippen molar-refractivity contribution in [2.24, 2.45) is 5.92 Å². The van der Waals surface area contributed by atoms with Gasteiger partial charge >= 0.3 is 12.0 Å². The quantitative estimate of drug-likeness (QED) is 0.703. The van der Waals surface area contributed by atoms with Gasteiger partial charge in [0.1, 0.15) is 6.04 Å². The second kappa shape index (κ2) is 6.43. The highest BCUT2D eigenvalue weighted by atomic mass is 16.4. The van der Waals surface area contributed by atoms with E-state index < -0.39 is 12.0 Å². The molecule has 6 heteroatoms. The maximum atomic E-state index is 12.0. The van der Waals surface area contributed by atoms with Crippen molar-refractivity contribution in [3.8, 4) is 0 Å². The van der Waals surface area contributed by atoms with E-state index in [0.717, 1.165) is 25.9 Å². The molecule has 0 aromatic heterocycles. The topological polar surface area (TPSA) is 81.7 Å². The van der Waals surface area contributed by atoms with Crippen molar-refractivity contribution in [2.75, 3.05) is 13.1 Å². The average Bonchev–Trinajstić information content (AvgIpc) is 2.92. The fourth-order valence-electron chi connectivity index (χ4n) is 3.31. The standard InChI is InChI=1S/C14H25N3O3/c1-9(2)8-11(13(18)19)16-14(20)15-10-5-7-17-6-3-4-12(10)17/h9-12H,3-8H2,1-2H3,(H,18,19)(H2,15,16,20)/t10?,11-,12?/m0/s1. The summed E-state index contributed by atoms with van der Waals surface area (Å²) >= 11 is 0. The van der Waals surface area contributed by atoms with E-state index in [0.29, 0.717) is 12.5 Å². The molecule has 0 aliphatic carbocycles. The van der Waals surface area contributed by atoms with E-state index >= 15 is 0 Å². The number of carboxylic acids is 1. The Kier molecular flexibility index (Phi) is 4.86. The van der Waals surface area contributed by atoms with Gasteiger partial charge in [-0.2, -0.15) is 0 Å². The van der Waals surface area contributed by atoms with E-state index in [1.165, 1.54) is 6.42 Å². The van der Waals surface area contributed by atoms with Crippen molar-refractivity contribution in [3.63, 3.8) is 0 Å². The monoisotopic (exact) mass is 283 g/mol. The predicted molar refractivity (Wildman–Crippen MR) is 75.5 cm³/mol. The average molecular weight is 283 g/mol. The first-order valence-electron chi connectivity index (χ1n) is 7.51. The second-order valence-electron chi connectivity index (χ2n) is 6.28. The van der Waals surface area contributed by atoms with E-state index in [2.05, 4.69) is 15.5 Å². The van der Waals surface area contributed by atoms with Crippen LogP contribution in [0.25, 0.3) is 0 Å². The molecule has 2 fully saturated rings. The molecule has 0 aromatic carbocycles. The lowest BCUT2D eigenvalue weighted by atomic mass is 10.0. The number of carbonyl (C=O) groups excluding carboxylic acids is 1. The van der Waals surface area contributed by atoms with Gasteiger partial charge in [0.2, 0.25) is 0 Å². The normalized spacial score (nSPS) is 27.4. The Morgan fingerprint density at radius 1 is 1.30 bits per heavy atom. The van der Waals surface area contributed by atoms with E-state index in [9.17, 15) is 9.59 Å². The van der Waals surface area contributed by atoms with Crippen molar-refractivity contribution >= 4 is 12.0 Å². The molecule has 2 aliphatic heterocycles. The number of fused-ring (bicyclic) bond motifs is 1. The van der Waals surface area contributed by atoms with Crippen molar-refractivity contribution in [1.29, 1.82) is 0 Å². The molecule has 0 saturated carbocycles. The predicted octanol–water partition coefficient (Wildman–Crippen LogP) is 1.02. The molecule has 2 unspecified atom stereocenters. The molecule has 2 amide bonds. The van der Waals surface area contributed by atoms with Crippen LogP contribution in [0, 0.1) is 5.92 Å². The summed E-state index contributed by atoms with van der Waals surface area (Å²) in [7, 11) is 0. The fourth-order valence-corrected chi connectivity index (χ4v) is 3.31. The SMILES string of the molecule is CC(C)C[C@H](NC(=O)NC1CCN2CCCC12)C(=O)O. The summed E-state index contributed by atoms with van der Waals surface area (Å²) in [5.74, 6) is -0.740. The number of carbonyl (C=O) groups is 2. The summed E-state index contributed by atoms with van der Waals surface area (Å²) in [6.45, 7) is 6.05.